The van der Waals surface area contributed by atoms with Crippen LogP contribution in [0.25, 0.3) is 0 Å². The largest absolute Gasteiger partial charge is 0.379 e. The van der Waals surface area contributed by atoms with Gasteiger partial charge in [-0.25, -0.2) is 8.42 Å². The molecule has 6 nitrogen and oxygen atoms in total. The van der Waals surface area contributed by atoms with Crippen molar-refractivity contribution < 1.29 is 17.9 Å². The first kappa shape index (κ1) is 17.9. The first-order chi connectivity index (χ1) is 12.6. The van der Waals surface area contributed by atoms with Gasteiger partial charge in [-0.05, 0) is 42.5 Å². The average molecular weight is 378 g/mol. The molecule has 7 heteroatoms. The van der Waals surface area contributed by atoms with Crippen LogP contribution >= 0.6 is 0 Å². The van der Waals surface area contributed by atoms with Gasteiger partial charge in [0.15, 0.2) is 0 Å². The van der Waals surface area contributed by atoms with Crippen LogP contribution in [0.3, 0.4) is 0 Å². The molecular formula is C19H26N2O4S. The molecule has 2 heterocycles. The number of hydrogen-bond acceptors (Lipinski definition) is 4. The number of benzene rings is 1. The van der Waals surface area contributed by atoms with E-state index in [9.17, 15) is 13.2 Å². The van der Waals surface area contributed by atoms with Crippen molar-refractivity contribution in [3.63, 3.8) is 0 Å². The molecule has 142 valence electrons. The molecule has 0 atom stereocenters. The number of morpholine rings is 1. The van der Waals surface area contributed by atoms with E-state index in [0.29, 0.717) is 37.7 Å². The second-order valence-corrected chi connectivity index (χ2v) is 9.38. The molecule has 1 saturated carbocycles. The van der Waals surface area contributed by atoms with Gasteiger partial charge in [0.2, 0.25) is 15.9 Å². The van der Waals surface area contributed by atoms with Crippen molar-refractivity contribution in [1.82, 2.24) is 9.21 Å². The number of fused-ring (bicyclic) bond motifs is 1. The Labute approximate surface area is 155 Å². The van der Waals surface area contributed by atoms with Gasteiger partial charge >= 0.3 is 0 Å². The van der Waals surface area contributed by atoms with Crippen molar-refractivity contribution in [3.05, 3.63) is 29.3 Å². The van der Waals surface area contributed by atoms with Crippen molar-refractivity contribution >= 4 is 15.9 Å². The van der Waals surface area contributed by atoms with Gasteiger partial charge in [0.05, 0.1) is 18.1 Å². The Kier molecular flexibility index (Phi) is 5.03. The molecule has 0 spiro atoms. The minimum Gasteiger partial charge on any atom is -0.379 e. The van der Waals surface area contributed by atoms with Crippen molar-refractivity contribution in [1.29, 1.82) is 0 Å². The molecule has 0 bridgehead atoms. The van der Waals surface area contributed by atoms with Crippen molar-refractivity contribution in [3.8, 4) is 0 Å². The molecule has 0 N–H and O–H groups in total. The fourth-order valence-corrected chi connectivity index (χ4v) is 5.71. The number of nitrogens with zero attached hydrogens (tertiary/aromatic N) is 2. The SMILES string of the molecule is O=C(C1CCCC1)N1CCc2ccc(S(=O)(=O)N3CCOCC3)cc2C1. The predicted molar refractivity (Wildman–Crippen MR) is 97.1 cm³/mol. The zero-order valence-electron chi connectivity index (χ0n) is 15.0. The molecule has 2 fully saturated rings. The van der Waals surface area contributed by atoms with Crippen LogP contribution in [0, 0.1) is 5.92 Å². The summed E-state index contributed by atoms with van der Waals surface area (Å²) in [5.74, 6) is 0.409. The highest BCUT2D eigenvalue weighted by Gasteiger charge is 2.31. The third kappa shape index (κ3) is 3.40. The van der Waals surface area contributed by atoms with Crippen molar-refractivity contribution in [2.24, 2.45) is 5.92 Å². The molecule has 3 aliphatic rings. The summed E-state index contributed by atoms with van der Waals surface area (Å²) in [5.41, 5.74) is 2.12. The van der Waals surface area contributed by atoms with Gasteiger partial charge < -0.3 is 9.64 Å². The number of amides is 1. The third-order valence-electron chi connectivity index (χ3n) is 5.81. The molecule has 1 saturated heterocycles. The molecular weight excluding hydrogens is 352 g/mol. The molecule has 1 aromatic rings. The van der Waals surface area contributed by atoms with Crippen LogP contribution in [-0.4, -0.2) is 56.4 Å². The Morgan fingerprint density at radius 2 is 1.77 bits per heavy atom. The maximum atomic E-state index is 12.9. The fourth-order valence-electron chi connectivity index (χ4n) is 4.25. The van der Waals surface area contributed by atoms with Gasteiger partial charge in [-0.3, -0.25) is 4.79 Å². The maximum absolute atomic E-state index is 12.9. The zero-order valence-corrected chi connectivity index (χ0v) is 15.8. The monoisotopic (exact) mass is 378 g/mol. The summed E-state index contributed by atoms with van der Waals surface area (Å²) in [7, 11) is -3.50. The van der Waals surface area contributed by atoms with Gasteiger partial charge in [-0.15, -0.1) is 0 Å². The Morgan fingerprint density at radius 1 is 1.04 bits per heavy atom. The van der Waals surface area contributed by atoms with Gasteiger partial charge in [0.25, 0.3) is 0 Å². The fraction of sp³-hybridized carbons (Fsp3) is 0.632. The molecule has 4 rings (SSSR count). The molecule has 26 heavy (non-hydrogen) atoms. The van der Waals surface area contributed by atoms with Crippen LogP contribution in [0.15, 0.2) is 23.1 Å². The zero-order chi connectivity index (χ0) is 18.1. The van der Waals surface area contributed by atoms with Gasteiger partial charge in [-0.2, -0.15) is 4.31 Å². The lowest BCUT2D eigenvalue weighted by atomic mass is 9.98. The van der Waals surface area contributed by atoms with E-state index in [0.717, 1.165) is 49.8 Å². The van der Waals surface area contributed by atoms with Crippen molar-refractivity contribution in [2.45, 2.75) is 43.5 Å². The standard InChI is InChI=1S/C19H26N2O4S/c22-19(16-3-1-2-4-16)20-8-7-15-5-6-18(13-17(15)14-20)26(23,24)21-9-11-25-12-10-21/h5-6,13,16H,1-4,7-12,14H2. The highest BCUT2D eigenvalue weighted by Crippen LogP contribution is 2.30. The molecule has 1 aromatic carbocycles. The second-order valence-electron chi connectivity index (χ2n) is 7.44. The van der Waals surface area contributed by atoms with Crippen LogP contribution in [0.2, 0.25) is 0 Å². The lowest BCUT2D eigenvalue weighted by molar-refractivity contribution is -0.136. The summed E-state index contributed by atoms with van der Waals surface area (Å²) < 4.78 is 32.5. The van der Waals surface area contributed by atoms with E-state index in [1.54, 1.807) is 12.1 Å². The van der Waals surface area contributed by atoms with E-state index in [2.05, 4.69) is 0 Å². The van der Waals surface area contributed by atoms with Crippen molar-refractivity contribution in [2.75, 3.05) is 32.8 Å². The molecule has 1 aliphatic carbocycles. The van der Waals surface area contributed by atoms with E-state index < -0.39 is 10.0 Å². The first-order valence-electron chi connectivity index (χ1n) is 9.54. The summed E-state index contributed by atoms with van der Waals surface area (Å²) in [4.78, 5) is 15.0. The average Bonchev–Trinajstić information content (AvgIpc) is 3.22. The normalized spacial score (nSPS) is 22.4. The molecule has 1 amide bonds. The number of carbonyl (C=O) groups is 1. The van der Waals surface area contributed by atoms with E-state index in [1.165, 1.54) is 4.31 Å². The van der Waals surface area contributed by atoms with Gasteiger partial charge in [0.1, 0.15) is 0 Å². The number of sulfonamides is 1. The number of rotatable bonds is 3. The number of carbonyl (C=O) groups excluding carboxylic acids is 1. The topological polar surface area (TPSA) is 66.9 Å². The van der Waals surface area contributed by atoms with Crippen LogP contribution in [-0.2, 0) is 32.5 Å². The van der Waals surface area contributed by atoms with Crippen LogP contribution in [0.1, 0.15) is 36.8 Å². The molecule has 0 unspecified atom stereocenters. The van der Waals surface area contributed by atoms with E-state index in [4.69, 9.17) is 4.74 Å². The lowest BCUT2D eigenvalue weighted by Crippen LogP contribution is -2.41. The summed E-state index contributed by atoms with van der Waals surface area (Å²) in [6, 6.07) is 5.40. The Balaban J connectivity index is 1.54. The third-order valence-corrected chi connectivity index (χ3v) is 7.71. The maximum Gasteiger partial charge on any atom is 0.243 e. The summed E-state index contributed by atoms with van der Waals surface area (Å²) >= 11 is 0. The minimum absolute atomic E-state index is 0.164. The van der Waals surface area contributed by atoms with Crippen LogP contribution < -0.4 is 0 Å². The summed E-state index contributed by atoms with van der Waals surface area (Å²) in [5, 5.41) is 0. The van der Waals surface area contributed by atoms with Crippen LogP contribution in [0.5, 0.6) is 0 Å². The molecule has 2 aliphatic heterocycles. The predicted octanol–water partition coefficient (Wildman–Crippen LogP) is 1.78. The first-order valence-corrected chi connectivity index (χ1v) is 11.0. The summed E-state index contributed by atoms with van der Waals surface area (Å²) in [6.07, 6.45) is 5.07. The minimum atomic E-state index is -3.50. The Morgan fingerprint density at radius 3 is 2.50 bits per heavy atom. The number of ether oxygens (including phenoxy) is 1. The van der Waals surface area contributed by atoms with Gasteiger partial charge in [0, 0.05) is 32.1 Å². The lowest BCUT2D eigenvalue weighted by Gasteiger charge is -2.32. The number of hydrogen-bond donors (Lipinski definition) is 0. The molecule has 0 aromatic heterocycles. The Bertz CT molecular complexity index is 781. The van der Waals surface area contributed by atoms with E-state index >= 15 is 0 Å². The smallest absolute Gasteiger partial charge is 0.243 e. The molecule has 0 radical (unpaired) electrons. The quantitative estimate of drug-likeness (QED) is 0.804. The van der Waals surface area contributed by atoms with Gasteiger partial charge in [-0.1, -0.05) is 18.9 Å². The van der Waals surface area contributed by atoms with Crippen LogP contribution in [0.4, 0.5) is 0 Å². The summed E-state index contributed by atoms with van der Waals surface area (Å²) in [6.45, 7) is 2.92. The highest BCUT2D eigenvalue weighted by atomic mass is 32.2. The van der Waals surface area contributed by atoms with E-state index in [1.807, 2.05) is 11.0 Å². The second kappa shape index (κ2) is 7.29. The highest BCUT2D eigenvalue weighted by molar-refractivity contribution is 7.89. The Hall–Kier alpha value is -1.44. The van der Waals surface area contributed by atoms with E-state index in [-0.39, 0.29) is 11.8 Å².